The van der Waals surface area contributed by atoms with E-state index in [1.807, 2.05) is 12.1 Å². The lowest BCUT2D eigenvalue weighted by molar-refractivity contribution is 0.0690. The Morgan fingerprint density at radius 2 is 1.87 bits per heavy atom. The Hall–Kier alpha value is -3.88. The minimum absolute atomic E-state index is 0.0306. The van der Waals surface area contributed by atoms with Crippen LogP contribution in [0.25, 0.3) is 22.5 Å². The number of aromatic nitrogens is 3. The van der Waals surface area contributed by atoms with Gasteiger partial charge in [0, 0.05) is 11.8 Å². The molecule has 30 heavy (non-hydrogen) atoms. The molecule has 0 aliphatic heterocycles. The Labute approximate surface area is 171 Å². The summed E-state index contributed by atoms with van der Waals surface area (Å²) < 4.78 is 6.25. The molecule has 0 saturated heterocycles. The fourth-order valence-corrected chi connectivity index (χ4v) is 3.50. The van der Waals surface area contributed by atoms with Gasteiger partial charge in [0.15, 0.2) is 5.82 Å². The maximum Gasteiger partial charge on any atom is 0.354 e. The van der Waals surface area contributed by atoms with E-state index in [-0.39, 0.29) is 29.1 Å². The summed E-state index contributed by atoms with van der Waals surface area (Å²) in [6, 6.07) is 8.56. The lowest BCUT2D eigenvalue weighted by atomic mass is 10.0. The smallest absolute Gasteiger partial charge is 0.354 e. The average Bonchev–Trinajstić information content (AvgIpc) is 3.25. The highest BCUT2D eigenvalue weighted by atomic mass is 16.5. The number of nitrogen functional groups attached to an aromatic ring is 2. The molecule has 1 aliphatic carbocycles. The van der Waals surface area contributed by atoms with Gasteiger partial charge >= 0.3 is 5.97 Å². The van der Waals surface area contributed by atoms with E-state index >= 15 is 0 Å². The topological polar surface area (TPSA) is 157 Å². The van der Waals surface area contributed by atoms with Gasteiger partial charge in [-0.1, -0.05) is 12.1 Å². The van der Waals surface area contributed by atoms with Gasteiger partial charge in [0.05, 0.1) is 11.7 Å². The molecule has 1 saturated carbocycles. The van der Waals surface area contributed by atoms with E-state index in [1.54, 1.807) is 12.1 Å². The van der Waals surface area contributed by atoms with E-state index in [2.05, 4.69) is 15.0 Å². The standard InChI is InChI=1S/C21H21N5O4/c22-17-18(23)25-19(26-20(17)27)14-7-5-11(9-16(14)30-13-3-1-2-4-13)12-6-8-15(21(28)29)24-10-12/h5-10,13H,1-4,22H2,(H,28,29)(H3,23,25,26,27). The van der Waals surface area contributed by atoms with Gasteiger partial charge in [-0.15, -0.1) is 0 Å². The number of H-pyrrole nitrogens is 1. The van der Waals surface area contributed by atoms with E-state index in [4.69, 9.17) is 21.3 Å². The van der Waals surface area contributed by atoms with Crippen LogP contribution in [0.4, 0.5) is 11.5 Å². The molecule has 0 unspecified atom stereocenters. The molecular formula is C21H21N5O4. The van der Waals surface area contributed by atoms with Crippen molar-refractivity contribution in [3.63, 3.8) is 0 Å². The zero-order chi connectivity index (χ0) is 21.3. The highest BCUT2D eigenvalue weighted by molar-refractivity contribution is 5.86. The third-order valence-electron chi connectivity index (χ3n) is 5.13. The molecule has 3 aromatic rings. The van der Waals surface area contributed by atoms with Crippen LogP contribution in [-0.4, -0.2) is 32.1 Å². The molecule has 9 nitrogen and oxygen atoms in total. The molecule has 154 valence electrons. The van der Waals surface area contributed by atoms with Crippen LogP contribution in [0.3, 0.4) is 0 Å². The van der Waals surface area contributed by atoms with Gasteiger partial charge in [0.2, 0.25) is 0 Å². The molecule has 0 bridgehead atoms. The number of hydrogen-bond donors (Lipinski definition) is 4. The number of ether oxygens (including phenoxy) is 1. The van der Waals surface area contributed by atoms with Gasteiger partial charge in [-0.2, -0.15) is 0 Å². The first kappa shape index (κ1) is 19.4. The van der Waals surface area contributed by atoms with Gasteiger partial charge in [0.1, 0.15) is 23.0 Å². The predicted molar refractivity (Wildman–Crippen MR) is 112 cm³/mol. The highest BCUT2D eigenvalue weighted by Crippen LogP contribution is 2.35. The van der Waals surface area contributed by atoms with Crippen LogP contribution in [0.2, 0.25) is 0 Å². The summed E-state index contributed by atoms with van der Waals surface area (Å²) in [5, 5.41) is 9.04. The Morgan fingerprint density at radius 3 is 2.50 bits per heavy atom. The molecular weight excluding hydrogens is 386 g/mol. The number of nitrogens with zero attached hydrogens (tertiary/aromatic N) is 2. The first-order valence-corrected chi connectivity index (χ1v) is 9.58. The lowest BCUT2D eigenvalue weighted by Crippen LogP contribution is -2.18. The van der Waals surface area contributed by atoms with Crippen LogP contribution in [0.5, 0.6) is 5.75 Å². The van der Waals surface area contributed by atoms with Gasteiger partial charge in [-0.05, 0) is 49.4 Å². The number of rotatable bonds is 5. The molecule has 4 rings (SSSR count). The van der Waals surface area contributed by atoms with Crippen molar-refractivity contribution in [2.75, 3.05) is 11.5 Å². The molecule has 0 spiro atoms. The summed E-state index contributed by atoms with van der Waals surface area (Å²) in [6.45, 7) is 0. The number of hydrogen-bond acceptors (Lipinski definition) is 7. The van der Waals surface area contributed by atoms with Crippen molar-refractivity contribution in [2.24, 2.45) is 0 Å². The fourth-order valence-electron chi connectivity index (χ4n) is 3.50. The summed E-state index contributed by atoms with van der Waals surface area (Å²) >= 11 is 0. The normalized spacial score (nSPS) is 14.0. The minimum Gasteiger partial charge on any atom is -0.490 e. The monoisotopic (exact) mass is 407 g/mol. The van der Waals surface area contributed by atoms with Gasteiger partial charge in [-0.25, -0.2) is 14.8 Å². The van der Waals surface area contributed by atoms with Crippen molar-refractivity contribution in [1.82, 2.24) is 15.0 Å². The number of nitrogens with one attached hydrogen (secondary N) is 1. The Morgan fingerprint density at radius 1 is 1.13 bits per heavy atom. The van der Waals surface area contributed by atoms with Gasteiger partial charge < -0.3 is 26.3 Å². The molecule has 0 amide bonds. The Kier molecular flexibility index (Phi) is 5.09. The second-order valence-electron chi connectivity index (χ2n) is 7.19. The van der Waals surface area contributed by atoms with Crippen molar-refractivity contribution in [2.45, 2.75) is 31.8 Å². The third kappa shape index (κ3) is 3.82. The largest absolute Gasteiger partial charge is 0.490 e. The molecule has 1 aliphatic rings. The van der Waals surface area contributed by atoms with E-state index in [9.17, 15) is 9.59 Å². The summed E-state index contributed by atoms with van der Waals surface area (Å²) in [5.41, 5.74) is 12.8. The number of aromatic carboxylic acids is 1. The Balaban J connectivity index is 1.78. The van der Waals surface area contributed by atoms with Crippen LogP contribution < -0.4 is 21.8 Å². The summed E-state index contributed by atoms with van der Waals surface area (Å²) in [4.78, 5) is 33.9. The molecule has 2 heterocycles. The molecule has 0 atom stereocenters. The number of aromatic amines is 1. The maximum absolute atomic E-state index is 12.1. The predicted octanol–water partition coefficient (Wildman–Crippen LogP) is 2.68. The molecule has 0 radical (unpaired) electrons. The second-order valence-corrected chi connectivity index (χ2v) is 7.19. The molecule has 1 fully saturated rings. The van der Waals surface area contributed by atoms with Crippen molar-refractivity contribution in [1.29, 1.82) is 0 Å². The number of benzene rings is 1. The van der Waals surface area contributed by atoms with E-state index in [0.29, 0.717) is 11.3 Å². The molecule has 9 heteroatoms. The lowest BCUT2D eigenvalue weighted by Gasteiger charge is -2.18. The van der Waals surface area contributed by atoms with Crippen molar-refractivity contribution < 1.29 is 14.6 Å². The minimum atomic E-state index is -1.09. The van der Waals surface area contributed by atoms with Crippen molar-refractivity contribution in [3.05, 3.63) is 52.6 Å². The van der Waals surface area contributed by atoms with Crippen LogP contribution in [0.15, 0.2) is 41.3 Å². The quantitative estimate of drug-likeness (QED) is 0.503. The second kappa shape index (κ2) is 7.86. The number of anilines is 2. The van der Waals surface area contributed by atoms with Gasteiger partial charge in [-0.3, -0.25) is 4.79 Å². The zero-order valence-electron chi connectivity index (χ0n) is 16.1. The number of carboxylic acid groups (broad SMARTS) is 1. The maximum atomic E-state index is 12.1. The highest BCUT2D eigenvalue weighted by Gasteiger charge is 2.20. The third-order valence-corrected chi connectivity index (χ3v) is 5.13. The number of carboxylic acids is 1. The SMILES string of the molecule is Nc1nc(-c2ccc(-c3ccc(C(=O)O)nc3)cc2OC2CCCC2)[nH]c(=O)c1N. The molecule has 1 aromatic carbocycles. The van der Waals surface area contributed by atoms with Gasteiger partial charge in [0.25, 0.3) is 5.56 Å². The molecule has 6 N–H and O–H groups in total. The van der Waals surface area contributed by atoms with Crippen molar-refractivity contribution >= 4 is 17.5 Å². The number of nitrogens with two attached hydrogens (primary N) is 2. The van der Waals surface area contributed by atoms with E-state index in [1.165, 1.54) is 12.3 Å². The first-order chi connectivity index (χ1) is 14.4. The number of carbonyl (C=O) groups is 1. The Bertz CT molecular complexity index is 1150. The molecule has 2 aromatic heterocycles. The number of pyridine rings is 1. The van der Waals surface area contributed by atoms with Crippen LogP contribution in [0, 0.1) is 0 Å². The van der Waals surface area contributed by atoms with Crippen LogP contribution in [-0.2, 0) is 0 Å². The average molecular weight is 407 g/mol. The summed E-state index contributed by atoms with van der Waals surface area (Å²) in [5.74, 6) is -0.309. The summed E-state index contributed by atoms with van der Waals surface area (Å²) in [6.07, 6.45) is 5.68. The van der Waals surface area contributed by atoms with Crippen LogP contribution >= 0.6 is 0 Å². The summed E-state index contributed by atoms with van der Waals surface area (Å²) in [7, 11) is 0. The van der Waals surface area contributed by atoms with E-state index < -0.39 is 11.5 Å². The fraction of sp³-hybridized carbons (Fsp3) is 0.238. The van der Waals surface area contributed by atoms with Crippen molar-refractivity contribution in [3.8, 4) is 28.3 Å². The van der Waals surface area contributed by atoms with Crippen LogP contribution in [0.1, 0.15) is 36.2 Å². The van der Waals surface area contributed by atoms with E-state index in [0.717, 1.165) is 36.8 Å². The first-order valence-electron chi connectivity index (χ1n) is 9.58. The zero-order valence-corrected chi connectivity index (χ0v) is 16.1.